The van der Waals surface area contributed by atoms with Crippen LogP contribution in [0.2, 0.25) is 0 Å². The fourth-order valence-electron chi connectivity index (χ4n) is 2.01. The van der Waals surface area contributed by atoms with Gasteiger partial charge in [0.2, 0.25) is 0 Å². The van der Waals surface area contributed by atoms with Gasteiger partial charge in [-0.2, -0.15) is 5.10 Å². The quantitative estimate of drug-likeness (QED) is 0.627. The number of hydrogen-bond donors (Lipinski definition) is 1. The molecule has 0 aliphatic heterocycles. The molecule has 0 aliphatic rings. The first-order chi connectivity index (χ1) is 7.82. The first kappa shape index (κ1) is 13.6. The lowest BCUT2D eigenvalue weighted by molar-refractivity contribution is -0.386. The van der Waals surface area contributed by atoms with Crippen LogP contribution in [-0.2, 0) is 13.5 Å². The number of aryl methyl sites for hydroxylation is 2. The van der Waals surface area contributed by atoms with Crippen LogP contribution in [0, 0.1) is 23.0 Å². The molecule has 1 heterocycles. The SMILES string of the molecule is Cc1nn(C)c(CC(O)CC(C)C)c1[N+](=O)[O-]. The molecule has 1 atom stereocenters. The second-order valence-electron chi connectivity index (χ2n) is 4.75. The summed E-state index contributed by atoms with van der Waals surface area (Å²) in [4.78, 5) is 10.5. The molecule has 0 aliphatic carbocycles. The monoisotopic (exact) mass is 241 g/mol. The van der Waals surface area contributed by atoms with Crippen molar-refractivity contribution in [3.05, 3.63) is 21.5 Å². The average molecular weight is 241 g/mol. The highest BCUT2D eigenvalue weighted by Gasteiger charge is 2.25. The molecule has 96 valence electrons. The van der Waals surface area contributed by atoms with Crippen molar-refractivity contribution in [3.63, 3.8) is 0 Å². The first-order valence-corrected chi connectivity index (χ1v) is 5.67. The summed E-state index contributed by atoms with van der Waals surface area (Å²) in [6.45, 7) is 5.62. The van der Waals surface area contributed by atoms with E-state index in [1.807, 2.05) is 13.8 Å². The molecule has 6 nitrogen and oxygen atoms in total. The Balaban J connectivity index is 2.94. The molecule has 0 saturated carbocycles. The Kier molecular flexibility index (Phi) is 4.22. The number of nitro groups is 1. The maximum absolute atomic E-state index is 10.9. The summed E-state index contributed by atoms with van der Waals surface area (Å²) < 4.78 is 1.48. The summed E-state index contributed by atoms with van der Waals surface area (Å²) in [7, 11) is 1.66. The Morgan fingerprint density at radius 1 is 1.53 bits per heavy atom. The van der Waals surface area contributed by atoms with Gasteiger partial charge in [0.1, 0.15) is 11.4 Å². The van der Waals surface area contributed by atoms with Crippen LogP contribution in [-0.4, -0.2) is 25.9 Å². The van der Waals surface area contributed by atoms with Crippen molar-refractivity contribution < 1.29 is 10.0 Å². The van der Waals surface area contributed by atoms with E-state index >= 15 is 0 Å². The molecule has 0 fully saturated rings. The maximum atomic E-state index is 10.9. The Labute approximate surface area is 100 Å². The summed E-state index contributed by atoms with van der Waals surface area (Å²) in [5.41, 5.74) is 0.903. The zero-order chi connectivity index (χ0) is 13.2. The number of rotatable bonds is 5. The average Bonchev–Trinajstić information content (AvgIpc) is 2.39. The topological polar surface area (TPSA) is 81.2 Å². The summed E-state index contributed by atoms with van der Waals surface area (Å²) in [5.74, 6) is 0.360. The van der Waals surface area contributed by atoms with E-state index in [0.29, 0.717) is 23.7 Å². The van der Waals surface area contributed by atoms with Crippen LogP contribution in [0.3, 0.4) is 0 Å². The highest BCUT2D eigenvalue weighted by molar-refractivity contribution is 5.40. The van der Waals surface area contributed by atoms with Gasteiger partial charge in [-0.25, -0.2) is 0 Å². The van der Waals surface area contributed by atoms with Gasteiger partial charge in [0.15, 0.2) is 0 Å². The zero-order valence-electron chi connectivity index (χ0n) is 10.7. The van der Waals surface area contributed by atoms with Crippen molar-refractivity contribution >= 4 is 5.69 Å². The Bertz CT molecular complexity index is 412. The van der Waals surface area contributed by atoms with Gasteiger partial charge in [-0.3, -0.25) is 14.8 Å². The normalized spacial score (nSPS) is 13.1. The van der Waals surface area contributed by atoms with Crippen molar-refractivity contribution in [2.45, 2.75) is 39.7 Å². The molecule has 1 rings (SSSR count). The van der Waals surface area contributed by atoms with E-state index in [0.717, 1.165) is 0 Å². The molecule has 1 aromatic rings. The van der Waals surface area contributed by atoms with Crippen molar-refractivity contribution in [2.24, 2.45) is 13.0 Å². The predicted octanol–water partition coefficient (Wildman–Crippen LogP) is 1.59. The minimum atomic E-state index is -0.566. The smallest absolute Gasteiger partial charge is 0.313 e. The minimum Gasteiger partial charge on any atom is -0.393 e. The predicted molar refractivity (Wildman–Crippen MR) is 63.8 cm³/mol. The molecule has 1 unspecified atom stereocenters. The van der Waals surface area contributed by atoms with Gasteiger partial charge in [-0.1, -0.05) is 13.8 Å². The Hall–Kier alpha value is -1.43. The maximum Gasteiger partial charge on any atom is 0.313 e. The van der Waals surface area contributed by atoms with Crippen LogP contribution >= 0.6 is 0 Å². The Morgan fingerprint density at radius 3 is 2.59 bits per heavy atom. The van der Waals surface area contributed by atoms with Crippen LogP contribution in [0.25, 0.3) is 0 Å². The number of hydrogen-bond acceptors (Lipinski definition) is 4. The van der Waals surface area contributed by atoms with Crippen LogP contribution in [0.4, 0.5) is 5.69 Å². The fourth-order valence-corrected chi connectivity index (χ4v) is 2.01. The molecule has 1 aromatic heterocycles. The lowest BCUT2D eigenvalue weighted by atomic mass is 10.0. The molecular formula is C11H19N3O3. The van der Waals surface area contributed by atoms with Crippen molar-refractivity contribution in [1.82, 2.24) is 9.78 Å². The van der Waals surface area contributed by atoms with E-state index in [4.69, 9.17) is 0 Å². The molecule has 6 heteroatoms. The van der Waals surface area contributed by atoms with Crippen molar-refractivity contribution in [1.29, 1.82) is 0 Å². The van der Waals surface area contributed by atoms with Crippen LogP contribution in [0.1, 0.15) is 31.7 Å². The van der Waals surface area contributed by atoms with E-state index in [-0.39, 0.29) is 12.1 Å². The van der Waals surface area contributed by atoms with Crippen molar-refractivity contribution in [2.75, 3.05) is 0 Å². The van der Waals surface area contributed by atoms with Gasteiger partial charge in [0.25, 0.3) is 0 Å². The lowest BCUT2D eigenvalue weighted by Crippen LogP contribution is -2.16. The molecule has 0 bridgehead atoms. The highest BCUT2D eigenvalue weighted by Crippen LogP contribution is 2.24. The lowest BCUT2D eigenvalue weighted by Gasteiger charge is -2.12. The van der Waals surface area contributed by atoms with E-state index in [9.17, 15) is 15.2 Å². The number of aliphatic hydroxyl groups excluding tert-OH is 1. The summed E-state index contributed by atoms with van der Waals surface area (Å²) in [5, 5.41) is 24.8. The summed E-state index contributed by atoms with van der Waals surface area (Å²) >= 11 is 0. The fraction of sp³-hybridized carbons (Fsp3) is 0.727. The van der Waals surface area contributed by atoms with Crippen LogP contribution < -0.4 is 0 Å². The van der Waals surface area contributed by atoms with Gasteiger partial charge >= 0.3 is 5.69 Å². The highest BCUT2D eigenvalue weighted by atomic mass is 16.6. The molecule has 1 N–H and O–H groups in total. The van der Waals surface area contributed by atoms with Crippen molar-refractivity contribution in [3.8, 4) is 0 Å². The second-order valence-corrected chi connectivity index (χ2v) is 4.75. The first-order valence-electron chi connectivity index (χ1n) is 5.67. The van der Waals surface area contributed by atoms with Gasteiger partial charge in [0, 0.05) is 13.5 Å². The van der Waals surface area contributed by atoms with Gasteiger partial charge in [0.05, 0.1) is 11.0 Å². The number of nitrogens with zero attached hydrogens (tertiary/aromatic N) is 3. The van der Waals surface area contributed by atoms with Gasteiger partial charge in [-0.05, 0) is 19.3 Å². The minimum absolute atomic E-state index is 0.0234. The number of aliphatic hydroxyl groups is 1. The third kappa shape index (κ3) is 3.26. The third-order valence-corrected chi connectivity index (χ3v) is 2.66. The van der Waals surface area contributed by atoms with E-state index in [2.05, 4.69) is 5.10 Å². The molecule has 17 heavy (non-hydrogen) atoms. The van der Waals surface area contributed by atoms with Crippen LogP contribution in [0.15, 0.2) is 0 Å². The van der Waals surface area contributed by atoms with Gasteiger partial charge in [-0.15, -0.1) is 0 Å². The molecule has 0 spiro atoms. The number of aromatic nitrogens is 2. The van der Waals surface area contributed by atoms with E-state index in [1.165, 1.54) is 4.68 Å². The van der Waals surface area contributed by atoms with E-state index < -0.39 is 11.0 Å². The molecule has 0 radical (unpaired) electrons. The molecule has 0 saturated heterocycles. The second kappa shape index (κ2) is 5.27. The zero-order valence-corrected chi connectivity index (χ0v) is 10.7. The standard InChI is InChI=1S/C11H19N3O3/c1-7(2)5-9(15)6-10-11(14(16)17)8(3)12-13(10)4/h7,9,15H,5-6H2,1-4H3. The summed E-state index contributed by atoms with van der Waals surface area (Å²) in [6, 6.07) is 0. The van der Waals surface area contributed by atoms with Gasteiger partial charge < -0.3 is 5.11 Å². The summed E-state index contributed by atoms with van der Waals surface area (Å²) in [6.07, 6.45) is 0.330. The largest absolute Gasteiger partial charge is 0.393 e. The molecular weight excluding hydrogens is 222 g/mol. The Morgan fingerprint density at radius 2 is 2.12 bits per heavy atom. The van der Waals surface area contributed by atoms with Crippen LogP contribution in [0.5, 0.6) is 0 Å². The molecule has 0 aromatic carbocycles. The molecule has 0 amide bonds. The van der Waals surface area contributed by atoms with E-state index in [1.54, 1.807) is 14.0 Å². The third-order valence-electron chi connectivity index (χ3n) is 2.66.